The molecule has 0 unspecified atom stereocenters. The number of nitrogens with zero attached hydrogens (tertiary/aromatic N) is 1. The number of benzene rings is 1. The van der Waals surface area contributed by atoms with Gasteiger partial charge in [-0.05, 0) is 61.7 Å². The highest BCUT2D eigenvalue weighted by Crippen LogP contribution is 2.26. The Morgan fingerprint density at radius 2 is 1.73 bits per heavy atom. The third-order valence-electron chi connectivity index (χ3n) is 3.86. The molecule has 0 aliphatic rings. The van der Waals surface area contributed by atoms with E-state index in [0.717, 1.165) is 17.1 Å². The van der Waals surface area contributed by atoms with Gasteiger partial charge in [0, 0.05) is 17.1 Å². The van der Waals surface area contributed by atoms with Gasteiger partial charge in [0.1, 0.15) is 10.6 Å². The first kappa shape index (κ1) is 17.8. The molecule has 3 aromatic rings. The summed E-state index contributed by atoms with van der Waals surface area (Å²) in [4.78, 5) is 24.1. The Labute approximate surface area is 155 Å². The van der Waals surface area contributed by atoms with Crippen LogP contribution in [-0.4, -0.2) is 23.0 Å². The van der Waals surface area contributed by atoms with Gasteiger partial charge in [0.15, 0.2) is 6.61 Å². The molecular formula is C19H19N3O3S. The highest BCUT2D eigenvalue weighted by molar-refractivity contribution is 7.12. The molecule has 2 heterocycles. The number of aryl methyl sites for hydroxylation is 2. The maximum absolute atomic E-state index is 12.7. The van der Waals surface area contributed by atoms with Crippen LogP contribution >= 0.6 is 11.3 Å². The van der Waals surface area contributed by atoms with E-state index in [9.17, 15) is 9.59 Å². The predicted octanol–water partition coefficient (Wildman–Crippen LogP) is 3.27. The monoisotopic (exact) mass is 369 g/mol. The minimum Gasteiger partial charge on any atom is -0.484 e. The summed E-state index contributed by atoms with van der Waals surface area (Å²) in [7, 11) is 0. The lowest BCUT2D eigenvalue weighted by atomic mass is 10.3. The first-order chi connectivity index (χ1) is 12.5. The number of nitrogens with two attached hydrogens (primary N) is 1. The first-order valence-corrected chi connectivity index (χ1v) is 8.89. The lowest BCUT2D eigenvalue weighted by molar-refractivity contribution is -0.119. The highest BCUT2D eigenvalue weighted by Gasteiger charge is 2.17. The molecule has 3 rings (SSSR count). The number of hydrogen-bond acceptors (Lipinski definition) is 4. The molecule has 0 aliphatic carbocycles. The van der Waals surface area contributed by atoms with Crippen molar-refractivity contribution < 1.29 is 14.3 Å². The quantitative estimate of drug-likeness (QED) is 0.699. The van der Waals surface area contributed by atoms with Gasteiger partial charge in [0.2, 0.25) is 0 Å². The first-order valence-electron chi connectivity index (χ1n) is 8.01. The van der Waals surface area contributed by atoms with E-state index in [1.54, 1.807) is 24.3 Å². The molecule has 1 aromatic carbocycles. The minimum atomic E-state index is -0.539. The van der Waals surface area contributed by atoms with Crippen LogP contribution in [0.15, 0.2) is 47.8 Å². The number of aromatic nitrogens is 1. The average Bonchev–Trinajstić information content (AvgIpc) is 3.20. The lowest BCUT2D eigenvalue weighted by Gasteiger charge is -2.11. The van der Waals surface area contributed by atoms with Crippen molar-refractivity contribution in [3.05, 3.63) is 64.1 Å². The standard InChI is InChI=1S/C19H19N3O3S/c1-12-3-4-13(2)22(12)16-9-10-26-18(16)19(24)21-14-5-7-15(8-6-14)25-11-17(20)23/h3-10H,11H2,1-2H3,(H2,20,23)(H,21,24). The third-order valence-corrected chi connectivity index (χ3v) is 4.76. The molecule has 0 saturated carbocycles. The second-order valence-electron chi connectivity index (χ2n) is 5.82. The second kappa shape index (κ2) is 7.45. The molecule has 6 nitrogen and oxygen atoms in total. The van der Waals surface area contributed by atoms with Crippen LogP contribution in [0.2, 0.25) is 0 Å². The molecule has 2 aromatic heterocycles. The van der Waals surface area contributed by atoms with E-state index in [4.69, 9.17) is 10.5 Å². The normalized spacial score (nSPS) is 10.5. The molecule has 0 fully saturated rings. The van der Waals surface area contributed by atoms with E-state index in [1.165, 1.54) is 11.3 Å². The molecule has 2 amide bonds. The van der Waals surface area contributed by atoms with Crippen LogP contribution in [0.25, 0.3) is 5.69 Å². The van der Waals surface area contributed by atoms with Crippen LogP contribution in [0.1, 0.15) is 21.1 Å². The fraction of sp³-hybridized carbons (Fsp3) is 0.158. The number of primary amides is 1. The Morgan fingerprint density at radius 3 is 2.35 bits per heavy atom. The SMILES string of the molecule is Cc1ccc(C)n1-c1ccsc1C(=O)Nc1ccc(OCC(N)=O)cc1. The number of carbonyl (C=O) groups excluding carboxylic acids is 2. The molecular weight excluding hydrogens is 350 g/mol. The zero-order valence-electron chi connectivity index (χ0n) is 14.5. The summed E-state index contributed by atoms with van der Waals surface area (Å²) < 4.78 is 7.27. The molecule has 0 aliphatic heterocycles. The second-order valence-corrected chi connectivity index (χ2v) is 6.74. The average molecular weight is 369 g/mol. The summed E-state index contributed by atoms with van der Waals surface area (Å²) in [6.07, 6.45) is 0. The largest absolute Gasteiger partial charge is 0.484 e. The predicted molar refractivity (Wildman–Crippen MR) is 102 cm³/mol. The van der Waals surface area contributed by atoms with Gasteiger partial charge in [-0.15, -0.1) is 11.3 Å². The number of hydrogen-bond donors (Lipinski definition) is 2. The number of carbonyl (C=O) groups is 2. The zero-order valence-corrected chi connectivity index (χ0v) is 15.3. The number of anilines is 1. The van der Waals surface area contributed by atoms with Crippen LogP contribution < -0.4 is 15.8 Å². The fourth-order valence-electron chi connectivity index (χ4n) is 2.67. The van der Waals surface area contributed by atoms with Gasteiger partial charge in [-0.3, -0.25) is 9.59 Å². The Balaban J connectivity index is 1.75. The maximum atomic E-state index is 12.7. The Kier molecular flexibility index (Phi) is 5.09. The fourth-order valence-corrected chi connectivity index (χ4v) is 3.44. The summed E-state index contributed by atoms with van der Waals surface area (Å²) in [6, 6.07) is 12.8. The molecule has 0 atom stereocenters. The molecule has 3 N–H and O–H groups in total. The van der Waals surface area contributed by atoms with E-state index >= 15 is 0 Å². The Bertz CT molecular complexity index is 922. The topological polar surface area (TPSA) is 86.3 Å². The van der Waals surface area contributed by atoms with Crippen molar-refractivity contribution in [1.29, 1.82) is 0 Å². The van der Waals surface area contributed by atoms with E-state index in [1.807, 2.05) is 37.4 Å². The summed E-state index contributed by atoms with van der Waals surface area (Å²) in [6.45, 7) is 3.84. The third kappa shape index (κ3) is 3.78. The van der Waals surface area contributed by atoms with Gasteiger partial charge in [-0.25, -0.2) is 0 Å². The number of ether oxygens (including phenoxy) is 1. The van der Waals surface area contributed by atoms with E-state index in [-0.39, 0.29) is 12.5 Å². The summed E-state index contributed by atoms with van der Waals surface area (Å²) >= 11 is 1.40. The summed E-state index contributed by atoms with van der Waals surface area (Å²) in [5, 5.41) is 4.80. The molecule has 0 saturated heterocycles. The number of thiophene rings is 1. The van der Waals surface area contributed by atoms with Crippen molar-refractivity contribution in [3.63, 3.8) is 0 Å². The van der Waals surface area contributed by atoms with Crippen molar-refractivity contribution in [2.75, 3.05) is 11.9 Å². The maximum Gasteiger partial charge on any atom is 0.267 e. The van der Waals surface area contributed by atoms with Crippen LogP contribution in [0, 0.1) is 13.8 Å². The van der Waals surface area contributed by atoms with Crippen LogP contribution in [0.4, 0.5) is 5.69 Å². The highest BCUT2D eigenvalue weighted by atomic mass is 32.1. The lowest BCUT2D eigenvalue weighted by Crippen LogP contribution is -2.20. The van der Waals surface area contributed by atoms with E-state index in [0.29, 0.717) is 16.3 Å². The van der Waals surface area contributed by atoms with Crippen molar-refractivity contribution in [2.24, 2.45) is 5.73 Å². The van der Waals surface area contributed by atoms with Gasteiger partial charge in [-0.2, -0.15) is 0 Å². The Hall–Kier alpha value is -3.06. The summed E-state index contributed by atoms with van der Waals surface area (Å²) in [5.41, 5.74) is 8.70. The van der Waals surface area contributed by atoms with Crippen molar-refractivity contribution in [3.8, 4) is 11.4 Å². The van der Waals surface area contributed by atoms with E-state index in [2.05, 4.69) is 9.88 Å². The minimum absolute atomic E-state index is 0.173. The van der Waals surface area contributed by atoms with Gasteiger partial charge < -0.3 is 20.4 Å². The number of amides is 2. The zero-order chi connectivity index (χ0) is 18.7. The van der Waals surface area contributed by atoms with E-state index < -0.39 is 5.91 Å². The Morgan fingerprint density at radius 1 is 1.08 bits per heavy atom. The molecule has 0 radical (unpaired) electrons. The van der Waals surface area contributed by atoms with Crippen LogP contribution in [0.3, 0.4) is 0 Å². The van der Waals surface area contributed by atoms with Gasteiger partial charge in [0.05, 0.1) is 5.69 Å². The van der Waals surface area contributed by atoms with Crippen molar-refractivity contribution >= 4 is 28.8 Å². The smallest absolute Gasteiger partial charge is 0.267 e. The number of rotatable bonds is 6. The molecule has 134 valence electrons. The van der Waals surface area contributed by atoms with Gasteiger partial charge >= 0.3 is 0 Å². The summed E-state index contributed by atoms with van der Waals surface area (Å²) in [5.74, 6) is -0.200. The van der Waals surface area contributed by atoms with Gasteiger partial charge in [-0.1, -0.05) is 0 Å². The molecule has 0 bridgehead atoms. The number of nitrogens with one attached hydrogen (secondary N) is 1. The van der Waals surface area contributed by atoms with Gasteiger partial charge in [0.25, 0.3) is 11.8 Å². The molecule has 26 heavy (non-hydrogen) atoms. The van der Waals surface area contributed by atoms with Crippen molar-refractivity contribution in [1.82, 2.24) is 4.57 Å². The van der Waals surface area contributed by atoms with Crippen molar-refractivity contribution in [2.45, 2.75) is 13.8 Å². The van der Waals surface area contributed by atoms with Crippen LogP contribution in [0.5, 0.6) is 5.75 Å². The van der Waals surface area contributed by atoms with Crippen LogP contribution in [-0.2, 0) is 4.79 Å². The molecule has 0 spiro atoms. The molecule has 7 heteroatoms.